The van der Waals surface area contributed by atoms with Crippen molar-refractivity contribution in [2.24, 2.45) is 5.92 Å². The minimum atomic E-state index is -0.928. The molecule has 1 aliphatic heterocycles. The van der Waals surface area contributed by atoms with Crippen LogP contribution < -0.4 is 0 Å². The van der Waals surface area contributed by atoms with E-state index in [-0.39, 0.29) is 12.1 Å². The molecule has 0 radical (unpaired) electrons. The Balaban J connectivity index is 2.28. The molecule has 1 saturated heterocycles. The average molecular weight is 384 g/mol. The lowest BCUT2D eigenvalue weighted by Gasteiger charge is -2.36. The summed E-state index contributed by atoms with van der Waals surface area (Å²) in [5.74, 6) is 0.0884. The van der Waals surface area contributed by atoms with E-state index in [9.17, 15) is 9.59 Å². The molecule has 0 aromatic carbocycles. The van der Waals surface area contributed by atoms with E-state index in [0.717, 1.165) is 19.3 Å². The van der Waals surface area contributed by atoms with Crippen molar-refractivity contribution in [3.63, 3.8) is 0 Å². The fourth-order valence-electron chi connectivity index (χ4n) is 4.15. The number of amides is 1. The second-order valence-corrected chi connectivity index (χ2v) is 9.63. The lowest BCUT2D eigenvalue weighted by atomic mass is 9.83. The van der Waals surface area contributed by atoms with Crippen LogP contribution in [0.15, 0.2) is 0 Å². The molecule has 6 nitrogen and oxygen atoms in total. The second kappa shape index (κ2) is 8.38. The van der Waals surface area contributed by atoms with Gasteiger partial charge in [-0.2, -0.15) is 0 Å². The van der Waals surface area contributed by atoms with Gasteiger partial charge in [0, 0.05) is 0 Å². The van der Waals surface area contributed by atoms with Crippen LogP contribution in [0.4, 0.5) is 4.79 Å². The molecule has 0 spiro atoms. The van der Waals surface area contributed by atoms with Crippen molar-refractivity contribution in [2.45, 2.75) is 117 Å². The van der Waals surface area contributed by atoms with Gasteiger partial charge in [0.2, 0.25) is 0 Å². The zero-order valence-electron chi connectivity index (χ0n) is 18.0. The van der Waals surface area contributed by atoms with E-state index in [1.807, 2.05) is 48.5 Å². The Hall–Kier alpha value is -1.30. The first-order valence-corrected chi connectivity index (χ1v) is 10.3. The van der Waals surface area contributed by atoms with Gasteiger partial charge in [0.1, 0.15) is 11.3 Å². The molecular formula is C21H37NO5. The Morgan fingerprint density at radius 2 is 1.74 bits per heavy atom. The van der Waals surface area contributed by atoms with Crippen molar-refractivity contribution in [1.82, 2.24) is 4.90 Å². The van der Waals surface area contributed by atoms with Gasteiger partial charge in [-0.15, -0.1) is 0 Å². The highest BCUT2D eigenvalue weighted by Crippen LogP contribution is 2.39. The fourth-order valence-corrected chi connectivity index (χ4v) is 4.15. The Labute approximate surface area is 163 Å². The highest BCUT2D eigenvalue weighted by molar-refractivity contribution is 5.79. The van der Waals surface area contributed by atoms with Gasteiger partial charge >= 0.3 is 12.1 Å². The normalized spacial score (nSPS) is 26.3. The van der Waals surface area contributed by atoms with Crippen LogP contribution in [0.1, 0.15) is 87.0 Å². The predicted octanol–water partition coefficient (Wildman–Crippen LogP) is 4.65. The molecule has 2 rings (SSSR count). The molecular weight excluding hydrogens is 346 g/mol. The predicted molar refractivity (Wildman–Crippen MR) is 103 cm³/mol. The molecule has 6 heteroatoms. The van der Waals surface area contributed by atoms with E-state index >= 15 is 0 Å². The standard InChI is InChI=1S/C21H37NO5/c1-14(2)25-18(23)17-16(13-15-11-9-8-10-12-15)22(21(6,7)26-17)19(24)27-20(3,4)5/h14-17H,8-13H2,1-7H3. The quantitative estimate of drug-likeness (QED) is 0.661. The molecule has 2 aliphatic rings. The largest absolute Gasteiger partial charge is 0.461 e. The topological polar surface area (TPSA) is 65.1 Å². The number of esters is 1. The first-order chi connectivity index (χ1) is 12.4. The summed E-state index contributed by atoms with van der Waals surface area (Å²) in [6.07, 6.45) is 5.22. The van der Waals surface area contributed by atoms with Crippen LogP contribution in [0.25, 0.3) is 0 Å². The second-order valence-electron chi connectivity index (χ2n) is 9.63. The van der Waals surface area contributed by atoms with E-state index in [4.69, 9.17) is 14.2 Å². The summed E-state index contributed by atoms with van der Waals surface area (Å²) < 4.78 is 17.1. The van der Waals surface area contributed by atoms with E-state index in [1.54, 1.807) is 4.90 Å². The third-order valence-electron chi connectivity index (χ3n) is 5.15. The number of hydrogen-bond acceptors (Lipinski definition) is 5. The van der Waals surface area contributed by atoms with Crippen LogP contribution in [-0.2, 0) is 19.0 Å². The summed E-state index contributed by atoms with van der Waals surface area (Å²) >= 11 is 0. The summed E-state index contributed by atoms with van der Waals surface area (Å²) in [6.45, 7) is 12.8. The molecule has 2 unspecified atom stereocenters. The molecule has 2 atom stereocenters. The van der Waals surface area contributed by atoms with Crippen molar-refractivity contribution in [3.05, 3.63) is 0 Å². The summed E-state index contributed by atoms with van der Waals surface area (Å²) in [6, 6.07) is -0.371. The third kappa shape index (κ3) is 5.84. The average Bonchev–Trinajstić information content (AvgIpc) is 2.77. The van der Waals surface area contributed by atoms with Gasteiger partial charge in [0.25, 0.3) is 0 Å². The Morgan fingerprint density at radius 3 is 2.26 bits per heavy atom. The summed E-state index contributed by atoms with van der Waals surface area (Å²) in [5.41, 5.74) is -1.54. The van der Waals surface area contributed by atoms with Crippen LogP contribution in [0, 0.1) is 5.92 Å². The maximum absolute atomic E-state index is 13.0. The summed E-state index contributed by atoms with van der Waals surface area (Å²) in [7, 11) is 0. The number of carbonyl (C=O) groups excluding carboxylic acids is 2. The third-order valence-corrected chi connectivity index (χ3v) is 5.15. The lowest BCUT2D eigenvalue weighted by molar-refractivity contribution is -0.165. The van der Waals surface area contributed by atoms with Crippen molar-refractivity contribution in [1.29, 1.82) is 0 Å². The SMILES string of the molecule is CC(C)OC(=O)C1OC(C)(C)N(C(=O)OC(C)(C)C)C1CC1CCCCC1. The Kier molecular flexibility index (Phi) is 6.82. The number of nitrogens with zero attached hydrogens (tertiary/aromatic N) is 1. The molecule has 2 fully saturated rings. The van der Waals surface area contributed by atoms with Crippen LogP contribution in [0.3, 0.4) is 0 Å². The first kappa shape index (κ1) is 22.0. The summed E-state index contributed by atoms with van der Waals surface area (Å²) in [5, 5.41) is 0. The van der Waals surface area contributed by atoms with Crippen LogP contribution in [0.2, 0.25) is 0 Å². The van der Waals surface area contributed by atoms with Gasteiger partial charge in [0.05, 0.1) is 12.1 Å². The maximum Gasteiger partial charge on any atom is 0.412 e. The minimum absolute atomic E-state index is 0.227. The zero-order valence-corrected chi connectivity index (χ0v) is 18.0. The van der Waals surface area contributed by atoms with Crippen molar-refractivity contribution < 1.29 is 23.8 Å². The van der Waals surface area contributed by atoms with Gasteiger partial charge in [-0.1, -0.05) is 32.1 Å². The zero-order chi connectivity index (χ0) is 20.4. The Bertz CT molecular complexity index is 531. The molecule has 1 aliphatic carbocycles. The number of carbonyl (C=O) groups is 2. The van der Waals surface area contributed by atoms with Crippen molar-refractivity contribution in [3.8, 4) is 0 Å². The molecule has 0 aromatic rings. The number of ether oxygens (including phenoxy) is 3. The van der Waals surface area contributed by atoms with Crippen LogP contribution in [-0.4, -0.2) is 46.5 Å². The molecule has 0 aromatic heterocycles. The molecule has 1 amide bonds. The van der Waals surface area contributed by atoms with Gasteiger partial charge in [-0.3, -0.25) is 4.90 Å². The van der Waals surface area contributed by atoms with Crippen LogP contribution >= 0.6 is 0 Å². The molecule has 27 heavy (non-hydrogen) atoms. The minimum Gasteiger partial charge on any atom is -0.461 e. The van der Waals surface area contributed by atoms with Gasteiger partial charge in [0.15, 0.2) is 6.10 Å². The molecule has 0 N–H and O–H groups in total. The van der Waals surface area contributed by atoms with E-state index < -0.39 is 29.5 Å². The molecule has 1 heterocycles. The van der Waals surface area contributed by atoms with Gasteiger partial charge in [-0.05, 0) is 60.8 Å². The smallest absolute Gasteiger partial charge is 0.412 e. The number of rotatable bonds is 4. The monoisotopic (exact) mass is 383 g/mol. The molecule has 156 valence electrons. The highest BCUT2D eigenvalue weighted by atomic mass is 16.6. The van der Waals surface area contributed by atoms with Crippen molar-refractivity contribution in [2.75, 3.05) is 0 Å². The number of hydrogen-bond donors (Lipinski definition) is 0. The van der Waals surface area contributed by atoms with E-state index in [0.29, 0.717) is 5.92 Å². The fraction of sp³-hybridized carbons (Fsp3) is 0.905. The Morgan fingerprint density at radius 1 is 1.15 bits per heavy atom. The first-order valence-electron chi connectivity index (χ1n) is 10.3. The van der Waals surface area contributed by atoms with E-state index in [2.05, 4.69) is 0 Å². The maximum atomic E-state index is 13.0. The van der Waals surface area contributed by atoms with Crippen LogP contribution in [0.5, 0.6) is 0 Å². The van der Waals surface area contributed by atoms with Crippen molar-refractivity contribution >= 4 is 12.1 Å². The summed E-state index contributed by atoms with van der Waals surface area (Å²) in [4.78, 5) is 27.3. The van der Waals surface area contributed by atoms with E-state index in [1.165, 1.54) is 19.3 Å². The van der Waals surface area contributed by atoms with Gasteiger partial charge in [-0.25, -0.2) is 9.59 Å². The molecule has 1 saturated carbocycles. The highest BCUT2D eigenvalue weighted by Gasteiger charge is 2.54. The lowest BCUT2D eigenvalue weighted by Crippen LogP contribution is -2.51. The van der Waals surface area contributed by atoms with Gasteiger partial charge < -0.3 is 14.2 Å². The molecule has 0 bridgehead atoms.